The molecular formula is C16H11ClF3NO3. The Bertz CT molecular complexity index is 809. The van der Waals surface area contributed by atoms with Crippen molar-refractivity contribution in [2.24, 2.45) is 0 Å². The van der Waals surface area contributed by atoms with Gasteiger partial charge in [0.05, 0.1) is 7.11 Å². The average molecular weight is 358 g/mol. The van der Waals surface area contributed by atoms with E-state index in [0.717, 1.165) is 12.1 Å². The fraction of sp³-hybridized carbons (Fsp3) is 0.188. The quantitative estimate of drug-likeness (QED) is 0.844. The van der Waals surface area contributed by atoms with Gasteiger partial charge in [-0.05, 0) is 24.3 Å². The van der Waals surface area contributed by atoms with Crippen molar-refractivity contribution in [1.29, 1.82) is 0 Å². The van der Waals surface area contributed by atoms with E-state index in [4.69, 9.17) is 16.3 Å². The molecule has 24 heavy (non-hydrogen) atoms. The van der Waals surface area contributed by atoms with Gasteiger partial charge in [-0.15, -0.1) is 13.2 Å². The van der Waals surface area contributed by atoms with Crippen LogP contribution >= 0.6 is 11.6 Å². The molecule has 4 nitrogen and oxygen atoms in total. The fourth-order valence-corrected chi connectivity index (χ4v) is 3.00. The van der Waals surface area contributed by atoms with Crippen LogP contribution in [-0.4, -0.2) is 19.4 Å². The first kappa shape index (κ1) is 16.4. The molecule has 0 saturated heterocycles. The topological polar surface area (TPSA) is 47.6 Å². The Morgan fingerprint density at radius 3 is 2.50 bits per heavy atom. The largest absolute Gasteiger partial charge is 0.573 e. The van der Waals surface area contributed by atoms with Crippen molar-refractivity contribution in [1.82, 2.24) is 0 Å². The van der Waals surface area contributed by atoms with Crippen LogP contribution in [0.15, 0.2) is 42.5 Å². The second-order valence-corrected chi connectivity index (χ2v) is 5.64. The second kappa shape index (κ2) is 5.59. The van der Waals surface area contributed by atoms with Crippen LogP contribution in [0.4, 0.5) is 18.9 Å². The van der Waals surface area contributed by atoms with Crippen LogP contribution in [0.5, 0.6) is 11.5 Å². The molecule has 0 bridgehead atoms. The molecule has 2 aromatic rings. The number of para-hydroxylation sites is 1. The van der Waals surface area contributed by atoms with E-state index in [1.165, 1.54) is 13.2 Å². The van der Waals surface area contributed by atoms with Crippen LogP contribution < -0.4 is 14.8 Å². The molecule has 1 heterocycles. The van der Waals surface area contributed by atoms with Crippen LogP contribution in [0.2, 0.25) is 0 Å². The van der Waals surface area contributed by atoms with Gasteiger partial charge < -0.3 is 14.8 Å². The van der Waals surface area contributed by atoms with E-state index < -0.39 is 22.9 Å². The lowest BCUT2D eigenvalue weighted by Crippen LogP contribution is -2.30. The molecule has 1 amide bonds. The van der Waals surface area contributed by atoms with Crippen molar-refractivity contribution < 1.29 is 27.4 Å². The van der Waals surface area contributed by atoms with Crippen LogP contribution in [0.1, 0.15) is 11.1 Å². The normalized spacial score (nSPS) is 19.6. The number of hydrogen-bond acceptors (Lipinski definition) is 3. The highest BCUT2D eigenvalue weighted by Crippen LogP contribution is 2.50. The number of anilines is 1. The fourth-order valence-electron chi connectivity index (χ4n) is 2.64. The summed E-state index contributed by atoms with van der Waals surface area (Å²) in [4.78, 5) is 10.7. The van der Waals surface area contributed by atoms with Crippen molar-refractivity contribution in [2.45, 2.75) is 11.2 Å². The maximum Gasteiger partial charge on any atom is 0.573 e. The maximum absolute atomic E-state index is 12.5. The summed E-state index contributed by atoms with van der Waals surface area (Å²) >= 11 is 6.58. The number of methoxy groups -OCH3 is 1. The van der Waals surface area contributed by atoms with Gasteiger partial charge in [-0.3, -0.25) is 4.79 Å². The molecule has 0 saturated carbocycles. The van der Waals surface area contributed by atoms with Gasteiger partial charge in [0.25, 0.3) is 5.91 Å². The van der Waals surface area contributed by atoms with E-state index in [-0.39, 0.29) is 5.56 Å². The number of rotatable bonds is 3. The molecule has 1 aliphatic heterocycles. The minimum Gasteiger partial charge on any atom is -0.496 e. The van der Waals surface area contributed by atoms with Crippen LogP contribution in [-0.2, 0) is 9.67 Å². The molecule has 1 aliphatic rings. The van der Waals surface area contributed by atoms with Gasteiger partial charge in [-0.2, -0.15) is 0 Å². The SMILES string of the molecule is COc1ccccc1C1(Cl)C(=O)Nc2ccc(OC(F)(F)F)cc21. The minimum atomic E-state index is -4.84. The zero-order valence-electron chi connectivity index (χ0n) is 12.3. The third-order valence-electron chi connectivity index (χ3n) is 3.63. The third-order valence-corrected chi connectivity index (χ3v) is 4.21. The lowest BCUT2D eigenvalue weighted by molar-refractivity contribution is -0.274. The molecule has 126 valence electrons. The van der Waals surface area contributed by atoms with Crippen molar-refractivity contribution in [3.05, 3.63) is 53.6 Å². The molecule has 8 heteroatoms. The Kier molecular flexibility index (Phi) is 3.83. The van der Waals surface area contributed by atoms with E-state index in [2.05, 4.69) is 10.1 Å². The summed E-state index contributed by atoms with van der Waals surface area (Å²) in [6.45, 7) is 0. The van der Waals surface area contributed by atoms with Crippen LogP contribution in [0.3, 0.4) is 0 Å². The summed E-state index contributed by atoms with van der Waals surface area (Å²) in [5.41, 5.74) is 0.811. The van der Waals surface area contributed by atoms with Crippen LogP contribution in [0, 0.1) is 0 Å². The van der Waals surface area contributed by atoms with E-state index in [1.54, 1.807) is 24.3 Å². The Hall–Kier alpha value is -2.41. The number of carbonyl (C=O) groups excluding carboxylic acids is 1. The number of amides is 1. The van der Waals surface area contributed by atoms with Gasteiger partial charge in [0.1, 0.15) is 11.5 Å². The summed E-state index contributed by atoms with van der Waals surface area (Å²) in [5, 5.41) is 2.56. The van der Waals surface area contributed by atoms with E-state index in [1.807, 2.05) is 0 Å². The highest BCUT2D eigenvalue weighted by molar-refractivity contribution is 6.41. The molecule has 0 aromatic heterocycles. The Morgan fingerprint density at radius 1 is 1.12 bits per heavy atom. The third kappa shape index (κ3) is 2.65. The lowest BCUT2D eigenvalue weighted by Gasteiger charge is -2.23. The molecule has 0 radical (unpaired) electrons. The zero-order valence-corrected chi connectivity index (χ0v) is 13.0. The monoisotopic (exact) mass is 357 g/mol. The Labute approximate surface area is 140 Å². The molecule has 1 atom stereocenters. The number of halogens is 4. The number of ether oxygens (including phenoxy) is 2. The maximum atomic E-state index is 12.5. The highest BCUT2D eigenvalue weighted by atomic mass is 35.5. The number of nitrogens with one attached hydrogen (secondary N) is 1. The minimum absolute atomic E-state index is 0.167. The van der Waals surface area contributed by atoms with Crippen LogP contribution in [0.25, 0.3) is 0 Å². The van der Waals surface area contributed by atoms with Crippen molar-refractivity contribution in [3.63, 3.8) is 0 Å². The molecule has 2 aromatic carbocycles. The first-order chi connectivity index (χ1) is 11.3. The van der Waals surface area contributed by atoms with Gasteiger partial charge in [-0.25, -0.2) is 0 Å². The molecule has 0 fully saturated rings. The second-order valence-electron chi connectivity index (χ2n) is 5.07. The van der Waals surface area contributed by atoms with Crippen molar-refractivity contribution >= 4 is 23.2 Å². The first-order valence-electron chi connectivity index (χ1n) is 6.80. The van der Waals surface area contributed by atoms with E-state index in [0.29, 0.717) is 17.0 Å². The first-order valence-corrected chi connectivity index (χ1v) is 7.17. The molecular weight excluding hydrogens is 347 g/mol. The van der Waals surface area contributed by atoms with Crippen molar-refractivity contribution in [3.8, 4) is 11.5 Å². The predicted molar refractivity (Wildman–Crippen MR) is 81.4 cm³/mol. The van der Waals surface area contributed by atoms with E-state index in [9.17, 15) is 18.0 Å². The summed E-state index contributed by atoms with van der Waals surface area (Å²) in [6.07, 6.45) is -4.84. The van der Waals surface area contributed by atoms with Gasteiger partial charge in [0.2, 0.25) is 0 Å². The highest BCUT2D eigenvalue weighted by Gasteiger charge is 2.49. The van der Waals surface area contributed by atoms with Gasteiger partial charge in [0.15, 0.2) is 4.87 Å². The molecule has 1 N–H and O–H groups in total. The standard InChI is InChI=1S/C16H11ClF3NO3/c1-23-13-5-3-2-4-10(13)15(17)11-8-9(24-16(18,19)20)6-7-12(11)21-14(15)22/h2-8H,1H3,(H,21,22). The smallest absolute Gasteiger partial charge is 0.496 e. The molecule has 0 spiro atoms. The number of alkyl halides is 4. The van der Waals surface area contributed by atoms with Crippen molar-refractivity contribution in [2.75, 3.05) is 12.4 Å². The Balaban J connectivity index is 2.15. The zero-order chi connectivity index (χ0) is 17.5. The van der Waals surface area contributed by atoms with E-state index >= 15 is 0 Å². The summed E-state index contributed by atoms with van der Waals surface area (Å²) in [6, 6.07) is 10.1. The van der Waals surface area contributed by atoms with Gasteiger partial charge in [0, 0.05) is 16.8 Å². The van der Waals surface area contributed by atoms with Gasteiger partial charge >= 0.3 is 6.36 Å². The number of benzene rings is 2. The summed E-state index contributed by atoms with van der Waals surface area (Å²) in [5.74, 6) is -0.692. The number of hydrogen-bond donors (Lipinski definition) is 1. The molecule has 1 unspecified atom stereocenters. The molecule has 0 aliphatic carbocycles. The molecule has 3 rings (SSSR count). The number of fused-ring (bicyclic) bond motifs is 1. The summed E-state index contributed by atoms with van der Waals surface area (Å²) < 4.78 is 46.5. The number of carbonyl (C=O) groups is 1. The lowest BCUT2D eigenvalue weighted by atomic mass is 9.90. The predicted octanol–water partition coefficient (Wildman–Crippen LogP) is 4.03. The van der Waals surface area contributed by atoms with Gasteiger partial charge in [-0.1, -0.05) is 29.8 Å². The summed E-state index contributed by atoms with van der Waals surface area (Å²) in [7, 11) is 1.41. The average Bonchev–Trinajstić information content (AvgIpc) is 2.78. The Morgan fingerprint density at radius 2 is 1.83 bits per heavy atom.